The first-order valence-corrected chi connectivity index (χ1v) is 12.2. The first-order chi connectivity index (χ1) is 17.7. The topological polar surface area (TPSA) is 144 Å². The first kappa shape index (κ1) is 23.0. The van der Waals surface area contributed by atoms with E-state index in [1.165, 1.54) is 4.68 Å². The van der Waals surface area contributed by atoms with Crippen LogP contribution in [-0.2, 0) is 11.8 Å². The Hall–Kier alpha value is -4.41. The second kappa shape index (κ2) is 8.32. The van der Waals surface area contributed by atoms with Crippen LogP contribution in [0.3, 0.4) is 0 Å². The minimum absolute atomic E-state index is 0.0263. The predicted molar refractivity (Wildman–Crippen MR) is 142 cm³/mol. The number of anilines is 2. The third-order valence-corrected chi connectivity index (χ3v) is 7.44. The van der Waals surface area contributed by atoms with Gasteiger partial charge in [-0.05, 0) is 49.3 Å². The van der Waals surface area contributed by atoms with Gasteiger partial charge < -0.3 is 11.1 Å². The molecule has 1 aliphatic heterocycles. The summed E-state index contributed by atoms with van der Waals surface area (Å²) in [5.41, 5.74) is 9.38. The molecule has 1 fully saturated rings. The van der Waals surface area contributed by atoms with E-state index in [-0.39, 0.29) is 17.4 Å². The van der Waals surface area contributed by atoms with Crippen molar-refractivity contribution < 1.29 is 4.79 Å². The molecule has 1 saturated carbocycles. The number of amides is 1. The summed E-state index contributed by atoms with van der Waals surface area (Å²) >= 11 is 0. The maximum absolute atomic E-state index is 12.9. The Morgan fingerprint density at radius 3 is 2.70 bits per heavy atom. The third kappa shape index (κ3) is 3.87. The zero-order chi connectivity index (χ0) is 26.0. The highest BCUT2D eigenvalue weighted by Gasteiger charge is 2.48. The van der Waals surface area contributed by atoms with E-state index in [1.54, 1.807) is 19.4 Å². The van der Waals surface area contributed by atoms with Gasteiger partial charge in [0.25, 0.3) is 5.56 Å². The van der Waals surface area contributed by atoms with Crippen LogP contribution in [0.25, 0.3) is 32.9 Å². The second-order valence-corrected chi connectivity index (χ2v) is 9.98. The number of carbonyl (C=O) groups excluding carboxylic acids is 1. The van der Waals surface area contributed by atoms with Gasteiger partial charge in [0, 0.05) is 66.9 Å². The third-order valence-electron chi connectivity index (χ3n) is 7.44. The second-order valence-electron chi connectivity index (χ2n) is 9.98. The van der Waals surface area contributed by atoms with Crippen molar-refractivity contribution in [1.82, 2.24) is 29.7 Å². The van der Waals surface area contributed by atoms with Crippen molar-refractivity contribution in [3.63, 3.8) is 0 Å². The number of hydrogen-bond acceptors (Lipinski definition) is 9. The summed E-state index contributed by atoms with van der Waals surface area (Å²) in [7, 11) is 3.54. The van der Waals surface area contributed by atoms with Gasteiger partial charge in [0.05, 0.1) is 11.9 Å². The Morgan fingerprint density at radius 2 is 1.95 bits per heavy atom. The lowest BCUT2D eigenvalue weighted by Gasteiger charge is -2.14. The average molecular weight is 498 g/mol. The highest BCUT2D eigenvalue weighted by molar-refractivity contribution is 5.99. The molecule has 11 heteroatoms. The van der Waals surface area contributed by atoms with Crippen LogP contribution in [-0.4, -0.2) is 55.5 Å². The van der Waals surface area contributed by atoms with E-state index in [4.69, 9.17) is 5.73 Å². The van der Waals surface area contributed by atoms with Gasteiger partial charge >= 0.3 is 0 Å². The van der Waals surface area contributed by atoms with Gasteiger partial charge in [-0.3, -0.25) is 14.6 Å². The maximum atomic E-state index is 12.9. The van der Waals surface area contributed by atoms with E-state index in [9.17, 15) is 9.59 Å². The summed E-state index contributed by atoms with van der Waals surface area (Å²) in [5.74, 6) is 1.37. The van der Waals surface area contributed by atoms with Crippen LogP contribution in [0.15, 0.2) is 34.4 Å². The molecule has 11 nitrogen and oxygen atoms in total. The number of carbonyl (C=O) groups is 1. The molecule has 4 aromatic heterocycles. The number of pyridine rings is 3. The Balaban J connectivity index is 1.33. The van der Waals surface area contributed by atoms with Crippen LogP contribution in [0.5, 0.6) is 0 Å². The molecule has 6 rings (SSSR count). The molecule has 0 bridgehead atoms. The number of rotatable bonds is 4. The van der Waals surface area contributed by atoms with Crippen molar-refractivity contribution >= 4 is 45.4 Å². The zero-order valence-electron chi connectivity index (χ0n) is 21.1. The number of fused-ring (bicyclic) bond motifs is 2. The highest BCUT2D eigenvalue weighted by Crippen LogP contribution is 2.45. The number of nitrogen functional groups attached to an aromatic ring is 1. The van der Waals surface area contributed by atoms with Crippen molar-refractivity contribution in [2.45, 2.75) is 20.3 Å². The van der Waals surface area contributed by atoms with Gasteiger partial charge in [-0.1, -0.05) is 0 Å². The molecule has 1 unspecified atom stereocenters. The lowest BCUT2D eigenvalue weighted by Crippen LogP contribution is -2.21. The standard InChI is InChI=1S/C26H27N9O2/c1-12-18-10-30-35(4)26(37)23(18)31-13(2)22(12)20-5-14-6-21(28-9-19(14)24(27)32-20)33-25(36)17-7-16(17)15-8-29-34(3)11-15/h5-6,8-10,15-17H,7,11H2,1-4H3,(H2,27,32)(H,28,33,36)/t15?,16-,17+/m1/s1. The first-order valence-electron chi connectivity index (χ1n) is 12.2. The lowest BCUT2D eigenvalue weighted by molar-refractivity contribution is -0.117. The molecule has 3 atom stereocenters. The Kier molecular flexibility index (Phi) is 5.18. The maximum Gasteiger partial charge on any atom is 0.292 e. The van der Waals surface area contributed by atoms with E-state index in [0.29, 0.717) is 51.1 Å². The molecule has 2 aliphatic rings. The van der Waals surface area contributed by atoms with E-state index in [1.807, 2.05) is 44.3 Å². The summed E-state index contributed by atoms with van der Waals surface area (Å²) < 4.78 is 1.27. The van der Waals surface area contributed by atoms with Crippen molar-refractivity contribution in [2.75, 3.05) is 24.6 Å². The fourth-order valence-corrected chi connectivity index (χ4v) is 5.34. The smallest absolute Gasteiger partial charge is 0.292 e. The number of nitrogens with one attached hydrogen (secondary N) is 1. The summed E-state index contributed by atoms with van der Waals surface area (Å²) in [6.45, 7) is 4.62. The summed E-state index contributed by atoms with van der Waals surface area (Å²) in [6.07, 6.45) is 6.08. The zero-order valence-corrected chi connectivity index (χ0v) is 21.1. The molecule has 1 aliphatic carbocycles. The average Bonchev–Trinajstić information content (AvgIpc) is 3.55. The van der Waals surface area contributed by atoms with Gasteiger partial charge in [0.2, 0.25) is 5.91 Å². The minimum atomic E-state index is -0.252. The number of nitrogens with zero attached hydrogens (tertiary/aromatic N) is 7. The molecular formula is C26H27N9O2. The number of hydrogen-bond donors (Lipinski definition) is 2. The number of aryl methyl sites for hydroxylation is 3. The van der Waals surface area contributed by atoms with Crippen LogP contribution in [0, 0.1) is 31.6 Å². The van der Waals surface area contributed by atoms with E-state index < -0.39 is 0 Å². The SMILES string of the molecule is Cc1nc2c(=O)n(C)ncc2c(C)c1-c1cc2cc(NC(=O)[C@H]3C[C@@H]3C3C=NN(C)C3)ncc2c(N)n1. The van der Waals surface area contributed by atoms with Crippen molar-refractivity contribution in [2.24, 2.45) is 29.9 Å². The van der Waals surface area contributed by atoms with Gasteiger partial charge in [-0.25, -0.2) is 19.6 Å². The molecule has 0 saturated heterocycles. The molecular weight excluding hydrogens is 470 g/mol. The van der Waals surface area contributed by atoms with Crippen LogP contribution >= 0.6 is 0 Å². The van der Waals surface area contributed by atoms with Crippen molar-refractivity contribution in [3.05, 3.63) is 46.1 Å². The number of nitrogens with two attached hydrogens (primary N) is 1. The van der Waals surface area contributed by atoms with Crippen LogP contribution in [0.4, 0.5) is 11.6 Å². The van der Waals surface area contributed by atoms with E-state index >= 15 is 0 Å². The molecule has 0 spiro atoms. The fraction of sp³-hybridized carbons (Fsp3) is 0.346. The van der Waals surface area contributed by atoms with Crippen molar-refractivity contribution in [1.29, 1.82) is 0 Å². The van der Waals surface area contributed by atoms with Gasteiger partial charge in [-0.2, -0.15) is 10.2 Å². The highest BCUT2D eigenvalue weighted by atomic mass is 16.2. The molecule has 0 aromatic carbocycles. The van der Waals surface area contributed by atoms with Crippen LogP contribution in [0.2, 0.25) is 0 Å². The molecule has 5 heterocycles. The Bertz CT molecular complexity index is 1690. The summed E-state index contributed by atoms with van der Waals surface area (Å²) in [4.78, 5) is 39.0. The Labute approximate surface area is 212 Å². The van der Waals surface area contributed by atoms with Gasteiger partial charge in [0.1, 0.15) is 17.2 Å². The van der Waals surface area contributed by atoms with Gasteiger partial charge in [-0.15, -0.1) is 0 Å². The quantitative estimate of drug-likeness (QED) is 0.437. The van der Waals surface area contributed by atoms with Crippen molar-refractivity contribution in [3.8, 4) is 11.3 Å². The summed E-state index contributed by atoms with van der Waals surface area (Å²) in [6, 6.07) is 3.72. The van der Waals surface area contributed by atoms with E-state index in [2.05, 4.69) is 30.5 Å². The molecule has 4 aromatic rings. The van der Waals surface area contributed by atoms with E-state index in [0.717, 1.165) is 29.5 Å². The van der Waals surface area contributed by atoms with Gasteiger partial charge in [0.15, 0.2) is 0 Å². The number of hydrazone groups is 1. The minimum Gasteiger partial charge on any atom is -0.383 e. The molecule has 37 heavy (non-hydrogen) atoms. The largest absolute Gasteiger partial charge is 0.383 e. The van der Waals surface area contributed by atoms with Crippen LogP contribution < -0.4 is 16.6 Å². The molecule has 3 N–H and O–H groups in total. The fourth-order valence-electron chi connectivity index (χ4n) is 5.34. The molecule has 0 radical (unpaired) electrons. The summed E-state index contributed by atoms with van der Waals surface area (Å²) in [5, 5.41) is 15.5. The monoisotopic (exact) mass is 497 g/mol. The lowest BCUT2D eigenvalue weighted by atomic mass is 9.99. The normalized spacial score (nSPS) is 20.6. The number of aromatic nitrogens is 5. The predicted octanol–water partition coefficient (Wildman–Crippen LogP) is 2.26. The Morgan fingerprint density at radius 1 is 1.14 bits per heavy atom. The van der Waals surface area contributed by atoms with Crippen LogP contribution in [0.1, 0.15) is 17.7 Å². The molecule has 188 valence electrons. The molecule has 1 amide bonds.